The Morgan fingerprint density at radius 1 is 0.970 bits per heavy atom. The van der Waals surface area contributed by atoms with Gasteiger partial charge < -0.3 is 14.5 Å². The van der Waals surface area contributed by atoms with E-state index < -0.39 is 0 Å². The van der Waals surface area contributed by atoms with E-state index >= 15 is 0 Å². The maximum Gasteiger partial charge on any atom is 0.238 e. The van der Waals surface area contributed by atoms with Crippen LogP contribution in [0.1, 0.15) is 18.2 Å². The Labute approximate surface area is 190 Å². The lowest BCUT2D eigenvalue weighted by Gasteiger charge is -2.12. The Morgan fingerprint density at radius 2 is 1.85 bits per heavy atom. The molecular formula is C26H20N4O3. The molecule has 0 bridgehead atoms. The number of fused-ring (bicyclic) bond motifs is 1. The van der Waals surface area contributed by atoms with E-state index in [0.29, 0.717) is 18.1 Å². The molecule has 0 aliphatic rings. The van der Waals surface area contributed by atoms with E-state index in [1.807, 2.05) is 60.7 Å². The molecule has 0 aliphatic carbocycles. The van der Waals surface area contributed by atoms with Crippen LogP contribution in [0, 0.1) is 0 Å². The quantitative estimate of drug-likeness (QED) is 0.371. The standard InChI is InChI=1S/C26H20N4O3/c1-17(31)29-23-9-10-24(22-8-3-2-7-21(22)23)33-26-15-27-13-20(30-26)12-18-5-4-6-19(11-18)25-14-28-16-32-25/h2-11,13-16H,12H2,1H3,(H,29,31). The third-order valence-electron chi connectivity index (χ3n) is 5.10. The molecule has 2 aromatic heterocycles. The molecule has 5 aromatic rings. The van der Waals surface area contributed by atoms with Crippen molar-refractivity contribution in [2.45, 2.75) is 13.3 Å². The number of rotatable bonds is 6. The van der Waals surface area contributed by atoms with Crippen LogP contribution in [0.3, 0.4) is 0 Å². The van der Waals surface area contributed by atoms with Gasteiger partial charge in [-0.1, -0.05) is 42.5 Å². The maximum atomic E-state index is 11.5. The molecule has 33 heavy (non-hydrogen) atoms. The summed E-state index contributed by atoms with van der Waals surface area (Å²) in [5, 5.41) is 4.62. The molecule has 7 nitrogen and oxygen atoms in total. The van der Waals surface area contributed by atoms with Crippen LogP contribution in [-0.2, 0) is 11.2 Å². The molecule has 5 rings (SSSR count). The highest BCUT2D eigenvalue weighted by atomic mass is 16.5. The number of carbonyl (C=O) groups is 1. The first-order chi connectivity index (χ1) is 16.2. The highest BCUT2D eigenvalue weighted by Crippen LogP contribution is 2.34. The second kappa shape index (κ2) is 8.92. The molecule has 1 N–H and O–H groups in total. The van der Waals surface area contributed by atoms with Crippen molar-refractivity contribution >= 4 is 22.4 Å². The van der Waals surface area contributed by atoms with Crippen LogP contribution in [0.5, 0.6) is 11.6 Å². The first-order valence-corrected chi connectivity index (χ1v) is 10.4. The normalized spacial score (nSPS) is 10.8. The summed E-state index contributed by atoms with van der Waals surface area (Å²) < 4.78 is 11.5. The molecule has 0 fully saturated rings. The molecule has 0 unspecified atom stereocenters. The zero-order valence-corrected chi connectivity index (χ0v) is 17.9. The number of anilines is 1. The van der Waals surface area contributed by atoms with Crippen LogP contribution >= 0.6 is 0 Å². The van der Waals surface area contributed by atoms with Crippen LogP contribution in [0.4, 0.5) is 5.69 Å². The summed E-state index contributed by atoms with van der Waals surface area (Å²) in [7, 11) is 0. The number of ether oxygens (including phenoxy) is 1. The van der Waals surface area contributed by atoms with E-state index in [1.54, 1.807) is 18.6 Å². The first-order valence-electron chi connectivity index (χ1n) is 10.4. The minimum absolute atomic E-state index is 0.125. The van der Waals surface area contributed by atoms with Gasteiger partial charge in [-0.3, -0.25) is 9.78 Å². The minimum atomic E-state index is -0.125. The number of benzene rings is 3. The van der Waals surface area contributed by atoms with Crippen molar-refractivity contribution in [2.24, 2.45) is 0 Å². The monoisotopic (exact) mass is 436 g/mol. The second-order valence-corrected chi connectivity index (χ2v) is 7.53. The molecule has 0 radical (unpaired) electrons. The van der Waals surface area contributed by atoms with E-state index in [-0.39, 0.29) is 5.91 Å². The molecule has 2 heterocycles. The van der Waals surface area contributed by atoms with E-state index in [9.17, 15) is 4.79 Å². The van der Waals surface area contributed by atoms with Crippen molar-refractivity contribution in [3.05, 3.63) is 96.9 Å². The number of nitrogens with zero attached hydrogens (tertiary/aromatic N) is 3. The number of oxazole rings is 1. The van der Waals surface area contributed by atoms with Crippen LogP contribution in [0.2, 0.25) is 0 Å². The molecule has 0 aliphatic heterocycles. The van der Waals surface area contributed by atoms with Gasteiger partial charge in [0, 0.05) is 41.6 Å². The van der Waals surface area contributed by atoms with Gasteiger partial charge in [-0.15, -0.1) is 0 Å². The smallest absolute Gasteiger partial charge is 0.238 e. The SMILES string of the molecule is CC(=O)Nc1ccc(Oc2cncc(Cc3cccc(-c4cnco4)c3)n2)c2ccccc12. The zero-order chi connectivity index (χ0) is 22.6. The van der Waals surface area contributed by atoms with Crippen molar-refractivity contribution < 1.29 is 13.9 Å². The van der Waals surface area contributed by atoms with Crippen molar-refractivity contribution in [3.8, 4) is 23.0 Å². The number of hydrogen-bond donors (Lipinski definition) is 1. The van der Waals surface area contributed by atoms with E-state index in [4.69, 9.17) is 9.15 Å². The highest BCUT2D eigenvalue weighted by molar-refractivity contribution is 6.03. The number of amides is 1. The van der Waals surface area contributed by atoms with Gasteiger partial charge in [0.05, 0.1) is 18.1 Å². The lowest BCUT2D eigenvalue weighted by molar-refractivity contribution is -0.114. The molecule has 0 atom stereocenters. The number of hydrogen-bond acceptors (Lipinski definition) is 6. The Kier molecular flexibility index (Phi) is 5.51. The van der Waals surface area contributed by atoms with Crippen molar-refractivity contribution in [3.63, 3.8) is 0 Å². The van der Waals surface area contributed by atoms with Crippen molar-refractivity contribution in [2.75, 3.05) is 5.32 Å². The van der Waals surface area contributed by atoms with Crippen LogP contribution < -0.4 is 10.1 Å². The van der Waals surface area contributed by atoms with E-state index in [2.05, 4.69) is 20.3 Å². The highest BCUT2D eigenvalue weighted by Gasteiger charge is 2.11. The third-order valence-corrected chi connectivity index (χ3v) is 5.10. The Bertz CT molecular complexity index is 1430. The third kappa shape index (κ3) is 4.57. The predicted octanol–water partition coefficient (Wildman–Crippen LogP) is 5.63. The van der Waals surface area contributed by atoms with Gasteiger partial charge in [0.25, 0.3) is 0 Å². The summed E-state index contributed by atoms with van der Waals surface area (Å²) >= 11 is 0. The maximum absolute atomic E-state index is 11.5. The fourth-order valence-corrected chi connectivity index (χ4v) is 3.69. The molecule has 162 valence electrons. The lowest BCUT2D eigenvalue weighted by Crippen LogP contribution is -2.06. The predicted molar refractivity (Wildman–Crippen MR) is 125 cm³/mol. The summed E-state index contributed by atoms with van der Waals surface area (Å²) in [6, 6.07) is 19.4. The average molecular weight is 436 g/mol. The van der Waals surface area contributed by atoms with Gasteiger partial charge in [0.15, 0.2) is 12.2 Å². The topological polar surface area (TPSA) is 90.1 Å². The summed E-state index contributed by atoms with van der Waals surface area (Å²) in [5.41, 5.74) is 3.54. The zero-order valence-electron chi connectivity index (χ0n) is 17.9. The van der Waals surface area contributed by atoms with Gasteiger partial charge in [-0.25, -0.2) is 9.97 Å². The molecule has 7 heteroatoms. The molecule has 0 saturated heterocycles. The average Bonchev–Trinajstić information content (AvgIpc) is 3.36. The Balaban J connectivity index is 1.40. The summed E-state index contributed by atoms with van der Waals surface area (Å²) in [4.78, 5) is 24.5. The van der Waals surface area contributed by atoms with Gasteiger partial charge in [-0.05, 0) is 23.8 Å². The summed E-state index contributed by atoms with van der Waals surface area (Å²) in [6.07, 6.45) is 7.01. The fourth-order valence-electron chi connectivity index (χ4n) is 3.69. The van der Waals surface area contributed by atoms with Gasteiger partial charge in [0.2, 0.25) is 11.8 Å². The Morgan fingerprint density at radius 3 is 2.67 bits per heavy atom. The summed E-state index contributed by atoms with van der Waals surface area (Å²) in [5.74, 6) is 1.63. The minimum Gasteiger partial charge on any atom is -0.444 e. The van der Waals surface area contributed by atoms with Gasteiger partial charge in [0.1, 0.15) is 5.75 Å². The molecular weight excluding hydrogens is 416 g/mol. The lowest BCUT2D eigenvalue weighted by atomic mass is 10.1. The second-order valence-electron chi connectivity index (χ2n) is 7.53. The number of carbonyl (C=O) groups excluding carboxylic acids is 1. The number of aromatic nitrogens is 3. The number of nitrogens with one attached hydrogen (secondary N) is 1. The van der Waals surface area contributed by atoms with Crippen LogP contribution in [0.25, 0.3) is 22.1 Å². The Hall–Kier alpha value is -4.52. The van der Waals surface area contributed by atoms with Crippen LogP contribution in [-0.4, -0.2) is 20.9 Å². The fraction of sp³-hybridized carbons (Fsp3) is 0.0769. The summed E-state index contributed by atoms with van der Waals surface area (Å²) in [6.45, 7) is 1.49. The van der Waals surface area contributed by atoms with E-state index in [1.165, 1.54) is 13.3 Å². The first kappa shape index (κ1) is 20.4. The van der Waals surface area contributed by atoms with Gasteiger partial charge >= 0.3 is 0 Å². The molecule has 0 saturated carbocycles. The molecule has 0 spiro atoms. The molecule has 3 aromatic carbocycles. The van der Waals surface area contributed by atoms with Crippen LogP contribution in [0.15, 0.2) is 90.1 Å². The van der Waals surface area contributed by atoms with Crippen molar-refractivity contribution in [1.29, 1.82) is 0 Å². The largest absolute Gasteiger partial charge is 0.444 e. The van der Waals surface area contributed by atoms with E-state index in [0.717, 1.165) is 39.0 Å². The van der Waals surface area contributed by atoms with Crippen molar-refractivity contribution in [1.82, 2.24) is 15.0 Å². The molecule has 1 amide bonds. The van der Waals surface area contributed by atoms with Gasteiger partial charge in [-0.2, -0.15) is 0 Å².